The second-order valence-electron chi connectivity index (χ2n) is 3.23. The van der Waals surface area contributed by atoms with Gasteiger partial charge in [-0.3, -0.25) is 9.59 Å². The zero-order valence-corrected chi connectivity index (χ0v) is 8.83. The second-order valence-corrected chi connectivity index (χ2v) is 3.23. The van der Waals surface area contributed by atoms with E-state index >= 15 is 0 Å². The van der Waals surface area contributed by atoms with Crippen LogP contribution in [0.5, 0.6) is 0 Å². The second kappa shape index (κ2) is 4.55. The SMILES string of the molecule is C=C(C)C(=O)c1ccccc1C(=O)NC. The van der Waals surface area contributed by atoms with Crippen molar-refractivity contribution in [2.45, 2.75) is 6.92 Å². The van der Waals surface area contributed by atoms with E-state index in [0.29, 0.717) is 16.7 Å². The van der Waals surface area contributed by atoms with Gasteiger partial charge in [-0.05, 0) is 18.6 Å². The Hall–Kier alpha value is -1.90. The first-order valence-corrected chi connectivity index (χ1v) is 4.59. The molecule has 0 saturated heterocycles. The lowest BCUT2D eigenvalue weighted by Crippen LogP contribution is -2.21. The summed E-state index contributed by atoms with van der Waals surface area (Å²) in [6.07, 6.45) is 0. The first kappa shape index (κ1) is 11.2. The first-order valence-electron chi connectivity index (χ1n) is 4.59. The molecule has 15 heavy (non-hydrogen) atoms. The van der Waals surface area contributed by atoms with Gasteiger partial charge in [-0.2, -0.15) is 0 Å². The Balaban J connectivity index is 3.23. The molecule has 1 aromatic carbocycles. The van der Waals surface area contributed by atoms with Crippen molar-refractivity contribution in [1.82, 2.24) is 5.32 Å². The van der Waals surface area contributed by atoms with Crippen molar-refractivity contribution in [2.24, 2.45) is 0 Å². The summed E-state index contributed by atoms with van der Waals surface area (Å²) in [5.74, 6) is -0.464. The van der Waals surface area contributed by atoms with Gasteiger partial charge in [0.25, 0.3) is 5.91 Å². The van der Waals surface area contributed by atoms with Crippen molar-refractivity contribution >= 4 is 11.7 Å². The standard InChI is InChI=1S/C12H13NO2/c1-8(2)11(14)9-6-4-5-7-10(9)12(15)13-3/h4-7H,1H2,2-3H3,(H,13,15). The summed E-state index contributed by atoms with van der Waals surface area (Å²) >= 11 is 0. The molecule has 0 unspecified atom stereocenters. The number of hydrogen-bond donors (Lipinski definition) is 1. The van der Waals surface area contributed by atoms with E-state index in [4.69, 9.17) is 0 Å². The fraction of sp³-hybridized carbons (Fsp3) is 0.167. The van der Waals surface area contributed by atoms with E-state index in [2.05, 4.69) is 11.9 Å². The van der Waals surface area contributed by atoms with Crippen molar-refractivity contribution < 1.29 is 9.59 Å². The molecule has 0 fully saturated rings. The Morgan fingerprint density at radius 1 is 1.20 bits per heavy atom. The largest absolute Gasteiger partial charge is 0.355 e. The van der Waals surface area contributed by atoms with Gasteiger partial charge in [0, 0.05) is 12.6 Å². The molecule has 0 aliphatic carbocycles. The highest BCUT2D eigenvalue weighted by Crippen LogP contribution is 2.12. The van der Waals surface area contributed by atoms with Crippen molar-refractivity contribution in [2.75, 3.05) is 7.05 Å². The highest BCUT2D eigenvalue weighted by atomic mass is 16.2. The van der Waals surface area contributed by atoms with E-state index in [0.717, 1.165) is 0 Å². The zero-order valence-electron chi connectivity index (χ0n) is 8.83. The Bertz CT molecular complexity index is 421. The Labute approximate surface area is 88.8 Å². The molecule has 0 heterocycles. The number of allylic oxidation sites excluding steroid dienone is 1. The lowest BCUT2D eigenvalue weighted by atomic mass is 9.99. The quantitative estimate of drug-likeness (QED) is 0.601. The van der Waals surface area contributed by atoms with Gasteiger partial charge < -0.3 is 5.32 Å². The van der Waals surface area contributed by atoms with Crippen molar-refractivity contribution in [3.8, 4) is 0 Å². The normalized spacial score (nSPS) is 9.47. The fourth-order valence-electron chi connectivity index (χ4n) is 1.24. The molecule has 1 aromatic rings. The minimum absolute atomic E-state index is 0.200. The predicted octanol–water partition coefficient (Wildman–Crippen LogP) is 1.80. The van der Waals surface area contributed by atoms with E-state index in [1.165, 1.54) is 7.05 Å². The van der Waals surface area contributed by atoms with Crippen molar-refractivity contribution in [3.05, 3.63) is 47.5 Å². The Morgan fingerprint density at radius 3 is 2.20 bits per heavy atom. The molecule has 3 nitrogen and oxygen atoms in total. The number of hydrogen-bond acceptors (Lipinski definition) is 2. The fourth-order valence-corrected chi connectivity index (χ4v) is 1.24. The monoisotopic (exact) mass is 203 g/mol. The van der Waals surface area contributed by atoms with Crippen molar-refractivity contribution in [1.29, 1.82) is 0 Å². The van der Waals surface area contributed by atoms with Crippen LogP contribution in [0, 0.1) is 0 Å². The van der Waals surface area contributed by atoms with E-state index in [1.54, 1.807) is 31.2 Å². The van der Waals surface area contributed by atoms with E-state index in [9.17, 15) is 9.59 Å². The number of rotatable bonds is 3. The average Bonchev–Trinajstić information content (AvgIpc) is 2.27. The third kappa shape index (κ3) is 2.31. The maximum atomic E-state index is 11.7. The van der Waals surface area contributed by atoms with E-state index in [-0.39, 0.29) is 11.7 Å². The smallest absolute Gasteiger partial charge is 0.251 e. The highest BCUT2D eigenvalue weighted by molar-refractivity contribution is 6.14. The molecule has 0 saturated carbocycles. The highest BCUT2D eigenvalue weighted by Gasteiger charge is 2.15. The van der Waals surface area contributed by atoms with Gasteiger partial charge >= 0.3 is 0 Å². The van der Waals surface area contributed by atoms with Gasteiger partial charge in [0.15, 0.2) is 5.78 Å². The van der Waals surface area contributed by atoms with Crippen LogP contribution in [-0.2, 0) is 0 Å². The molecule has 0 radical (unpaired) electrons. The maximum absolute atomic E-state index is 11.7. The van der Waals surface area contributed by atoms with Crippen LogP contribution in [0.15, 0.2) is 36.4 Å². The zero-order chi connectivity index (χ0) is 11.4. The molecule has 0 atom stereocenters. The minimum atomic E-state index is -0.264. The van der Waals surface area contributed by atoms with Crippen LogP contribution in [0.4, 0.5) is 0 Å². The van der Waals surface area contributed by atoms with Crippen LogP contribution in [-0.4, -0.2) is 18.7 Å². The molecule has 0 aliphatic rings. The minimum Gasteiger partial charge on any atom is -0.355 e. The number of ketones is 1. The molecule has 1 amide bonds. The summed E-state index contributed by atoms with van der Waals surface area (Å²) in [6.45, 7) is 5.20. The summed E-state index contributed by atoms with van der Waals surface area (Å²) in [5.41, 5.74) is 1.20. The van der Waals surface area contributed by atoms with Gasteiger partial charge in [0.1, 0.15) is 0 Å². The number of benzene rings is 1. The molecule has 0 aliphatic heterocycles. The van der Waals surface area contributed by atoms with Crippen molar-refractivity contribution in [3.63, 3.8) is 0 Å². The molecular weight excluding hydrogens is 190 g/mol. The molecular formula is C12H13NO2. The third-order valence-corrected chi connectivity index (χ3v) is 2.03. The molecule has 0 spiro atoms. The lowest BCUT2D eigenvalue weighted by molar-refractivity contribution is 0.0950. The molecule has 78 valence electrons. The number of carbonyl (C=O) groups excluding carboxylic acids is 2. The third-order valence-electron chi connectivity index (χ3n) is 2.03. The van der Waals surface area contributed by atoms with E-state index in [1.807, 2.05) is 0 Å². The van der Waals surface area contributed by atoms with Gasteiger partial charge in [-0.1, -0.05) is 24.8 Å². The van der Waals surface area contributed by atoms with E-state index < -0.39 is 0 Å². The number of nitrogens with one attached hydrogen (secondary N) is 1. The van der Waals surface area contributed by atoms with Gasteiger partial charge in [-0.15, -0.1) is 0 Å². The Kier molecular flexibility index (Phi) is 3.39. The molecule has 3 heteroatoms. The molecule has 0 bridgehead atoms. The van der Waals surface area contributed by atoms with Crippen LogP contribution >= 0.6 is 0 Å². The van der Waals surface area contributed by atoms with Crippen LogP contribution in [0.2, 0.25) is 0 Å². The van der Waals surface area contributed by atoms with Crippen LogP contribution in [0.1, 0.15) is 27.6 Å². The summed E-state index contributed by atoms with van der Waals surface area (Å²) < 4.78 is 0. The molecule has 1 rings (SSSR count). The summed E-state index contributed by atoms with van der Waals surface area (Å²) in [5, 5.41) is 2.49. The number of carbonyl (C=O) groups is 2. The summed E-state index contributed by atoms with van der Waals surface area (Å²) in [4.78, 5) is 23.2. The number of Topliss-reactive ketones (excluding diaryl/α,β-unsaturated/α-hetero) is 1. The summed E-state index contributed by atoms with van der Waals surface area (Å²) in [7, 11) is 1.53. The van der Waals surface area contributed by atoms with Gasteiger partial charge in [-0.25, -0.2) is 0 Å². The number of amides is 1. The first-order chi connectivity index (χ1) is 7.07. The average molecular weight is 203 g/mol. The van der Waals surface area contributed by atoms with Crippen LogP contribution in [0.3, 0.4) is 0 Å². The predicted molar refractivity (Wildman–Crippen MR) is 59.0 cm³/mol. The van der Waals surface area contributed by atoms with Crippen LogP contribution in [0.25, 0.3) is 0 Å². The topological polar surface area (TPSA) is 46.2 Å². The summed E-state index contributed by atoms with van der Waals surface area (Å²) in [6, 6.07) is 6.69. The lowest BCUT2D eigenvalue weighted by Gasteiger charge is -2.06. The van der Waals surface area contributed by atoms with Crippen LogP contribution < -0.4 is 5.32 Å². The van der Waals surface area contributed by atoms with Gasteiger partial charge in [0.2, 0.25) is 0 Å². The Morgan fingerprint density at radius 2 is 1.73 bits per heavy atom. The molecule has 0 aromatic heterocycles. The molecule has 1 N–H and O–H groups in total. The maximum Gasteiger partial charge on any atom is 0.251 e. The van der Waals surface area contributed by atoms with Gasteiger partial charge in [0.05, 0.1) is 5.56 Å².